The van der Waals surface area contributed by atoms with Gasteiger partial charge < -0.3 is 0 Å². The molecule has 1 rings (SSSR count). The number of halogens is 17. The molecule has 0 aliphatic carbocycles. The van der Waals surface area contributed by atoms with Crippen LogP contribution in [0, 0.1) is 5.41 Å². The van der Waals surface area contributed by atoms with E-state index in [4.69, 9.17) is 0 Å². The van der Waals surface area contributed by atoms with E-state index in [1.807, 2.05) is 4.84 Å². The van der Waals surface area contributed by atoms with E-state index in [1.165, 1.54) is 0 Å². The average Bonchev–Trinajstić information content (AvgIpc) is 2.29. The van der Waals surface area contributed by atoms with Gasteiger partial charge in [-0.1, -0.05) is 0 Å². The van der Waals surface area contributed by atoms with Crippen LogP contribution < -0.4 is 0 Å². The molecule has 2 nitrogen and oxygen atoms in total. The van der Waals surface area contributed by atoms with Crippen LogP contribution in [0.2, 0.25) is 0 Å². The number of rotatable bonds is 3. The minimum atomic E-state index is -8.63. The fraction of sp³-hybridized carbons (Fsp3) is 1.00. The first-order valence-corrected chi connectivity index (χ1v) is 5.55. The van der Waals surface area contributed by atoms with Gasteiger partial charge in [0.15, 0.2) is 0 Å². The van der Waals surface area contributed by atoms with Crippen molar-refractivity contribution in [1.82, 2.24) is 5.06 Å². The summed E-state index contributed by atoms with van der Waals surface area (Å²) in [7, 11) is 0. The maximum atomic E-state index is 13.5. The Kier molecular flexibility index (Phi) is 4.76. The van der Waals surface area contributed by atoms with E-state index < -0.39 is 53.1 Å². The van der Waals surface area contributed by atoms with Gasteiger partial charge in [-0.05, 0) is 5.06 Å². The number of nitrogens with zero attached hydrogens (tertiary/aromatic N) is 1. The monoisotopic (exact) mass is 449 g/mol. The van der Waals surface area contributed by atoms with Crippen LogP contribution >= 0.6 is 0 Å². The summed E-state index contributed by atoms with van der Waals surface area (Å²) in [5, 5.41) is -3.36. The van der Waals surface area contributed by atoms with Crippen molar-refractivity contribution < 1.29 is 79.5 Å². The third-order valence-corrected chi connectivity index (χ3v) is 3.19. The van der Waals surface area contributed by atoms with Crippen molar-refractivity contribution in [2.24, 2.45) is 5.41 Å². The first-order chi connectivity index (χ1) is 11.3. The summed E-state index contributed by atoms with van der Waals surface area (Å²) in [5.41, 5.74) is -8.63. The molecular weight excluding hydrogens is 449 g/mol. The molecule has 1 heterocycles. The lowest BCUT2D eigenvalue weighted by molar-refractivity contribution is -0.653. The molecule has 0 bridgehead atoms. The maximum Gasteiger partial charge on any atom is 0.453 e. The summed E-state index contributed by atoms with van der Waals surface area (Å²) >= 11 is 0. The molecule has 1 aliphatic rings. The van der Waals surface area contributed by atoms with Crippen molar-refractivity contribution in [3.63, 3.8) is 0 Å². The van der Waals surface area contributed by atoms with E-state index in [-0.39, 0.29) is 0 Å². The van der Waals surface area contributed by atoms with Crippen LogP contribution in [-0.4, -0.2) is 47.7 Å². The molecule has 0 N–H and O–H groups in total. The molecule has 162 valence electrons. The lowest BCUT2D eigenvalue weighted by Gasteiger charge is -2.52. The van der Waals surface area contributed by atoms with Gasteiger partial charge in [-0.25, -0.2) is 4.84 Å². The molecule has 27 heavy (non-hydrogen) atoms. The Morgan fingerprint density at radius 2 is 0.852 bits per heavy atom. The first kappa shape index (κ1) is 23.8. The zero-order chi connectivity index (χ0) is 22.3. The van der Waals surface area contributed by atoms with Gasteiger partial charge in [0.25, 0.3) is 0 Å². The zero-order valence-electron chi connectivity index (χ0n) is 11.3. The van der Waals surface area contributed by atoms with Gasteiger partial charge in [0.05, 0.1) is 0 Å². The van der Waals surface area contributed by atoms with Gasteiger partial charge in [0.1, 0.15) is 0 Å². The standard InChI is InChI=1S/C8F17NO/c9-2(10,6(20,21)26-7(22,23)8(24,25)27-26)1(3(11,12)13,4(14,15)16)5(17,18)19. The molecule has 0 radical (unpaired) electrons. The summed E-state index contributed by atoms with van der Waals surface area (Å²) < 4.78 is 216. The lowest BCUT2D eigenvalue weighted by Crippen LogP contribution is -2.82. The van der Waals surface area contributed by atoms with Crippen LogP contribution in [0.3, 0.4) is 0 Å². The highest BCUT2D eigenvalue weighted by Crippen LogP contribution is 2.71. The Balaban J connectivity index is 3.82. The second-order valence-electron chi connectivity index (χ2n) is 4.80. The van der Waals surface area contributed by atoms with Gasteiger partial charge in [-0.15, -0.1) is 0 Å². The third kappa shape index (κ3) is 2.63. The minimum absolute atomic E-state index is 2.04. The lowest BCUT2D eigenvalue weighted by atomic mass is 9.76. The molecule has 1 saturated heterocycles. The van der Waals surface area contributed by atoms with Gasteiger partial charge in [0, 0.05) is 0 Å². The van der Waals surface area contributed by atoms with Crippen LogP contribution in [0.5, 0.6) is 0 Å². The van der Waals surface area contributed by atoms with Crippen molar-refractivity contribution in [3.8, 4) is 0 Å². The van der Waals surface area contributed by atoms with E-state index in [0.717, 1.165) is 0 Å². The molecule has 1 aliphatic heterocycles. The minimum Gasteiger partial charge on any atom is -0.212 e. The molecule has 1 fully saturated rings. The van der Waals surface area contributed by atoms with E-state index in [2.05, 4.69) is 0 Å². The van der Waals surface area contributed by atoms with Crippen molar-refractivity contribution in [3.05, 3.63) is 0 Å². The molecule has 0 aromatic carbocycles. The van der Waals surface area contributed by atoms with E-state index in [1.54, 1.807) is 0 Å². The number of hydroxylamine groups is 2. The molecule has 0 atom stereocenters. The number of hydrogen-bond donors (Lipinski definition) is 0. The zero-order valence-corrected chi connectivity index (χ0v) is 11.3. The molecule has 0 amide bonds. The van der Waals surface area contributed by atoms with E-state index in [9.17, 15) is 74.6 Å². The largest absolute Gasteiger partial charge is 0.453 e. The van der Waals surface area contributed by atoms with Crippen LogP contribution in [0.15, 0.2) is 0 Å². The summed E-state index contributed by atoms with van der Waals surface area (Å²) in [4.78, 5) is 2.04. The SMILES string of the molecule is FC(F)(F)C(C(F)(F)F)(C(F)(F)F)C(F)(F)C(F)(F)N1OC(F)(F)C1(F)F. The molecule has 0 saturated carbocycles. The first-order valence-electron chi connectivity index (χ1n) is 5.55. The highest BCUT2D eigenvalue weighted by Gasteiger charge is 3.00. The fourth-order valence-electron chi connectivity index (χ4n) is 1.91. The Labute approximate surface area is 134 Å². The highest BCUT2D eigenvalue weighted by atomic mass is 19.4. The van der Waals surface area contributed by atoms with E-state index >= 15 is 0 Å². The van der Waals surface area contributed by atoms with Crippen molar-refractivity contribution in [2.45, 2.75) is 42.7 Å². The molecule has 19 heteroatoms. The Morgan fingerprint density at radius 3 is 1.04 bits per heavy atom. The van der Waals surface area contributed by atoms with Crippen LogP contribution in [0.1, 0.15) is 0 Å². The molecule has 0 unspecified atom stereocenters. The Bertz CT molecular complexity index is 545. The van der Waals surface area contributed by atoms with Crippen molar-refractivity contribution in [1.29, 1.82) is 0 Å². The second-order valence-corrected chi connectivity index (χ2v) is 4.80. The van der Waals surface area contributed by atoms with Gasteiger partial charge in [0.2, 0.25) is 0 Å². The topological polar surface area (TPSA) is 12.5 Å². The van der Waals surface area contributed by atoms with Crippen LogP contribution in [0.25, 0.3) is 0 Å². The van der Waals surface area contributed by atoms with Crippen LogP contribution in [0.4, 0.5) is 74.6 Å². The summed E-state index contributed by atoms with van der Waals surface area (Å²) in [6.07, 6.45) is -31.1. The normalized spacial score (nSPS) is 22.6. The van der Waals surface area contributed by atoms with Crippen LogP contribution in [-0.2, 0) is 4.84 Å². The van der Waals surface area contributed by atoms with Gasteiger partial charge >= 0.3 is 48.1 Å². The summed E-state index contributed by atoms with van der Waals surface area (Å²) in [6.45, 7) is 0. The van der Waals surface area contributed by atoms with Gasteiger partial charge in [-0.2, -0.15) is 74.6 Å². The average molecular weight is 449 g/mol. The molecule has 0 aromatic heterocycles. The third-order valence-electron chi connectivity index (χ3n) is 3.19. The van der Waals surface area contributed by atoms with Gasteiger partial charge in [-0.3, -0.25) is 0 Å². The number of hydrogen-bond acceptors (Lipinski definition) is 2. The quantitative estimate of drug-likeness (QED) is 0.428. The predicted molar refractivity (Wildman–Crippen MR) is 43.3 cm³/mol. The van der Waals surface area contributed by atoms with E-state index in [0.29, 0.717) is 0 Å². The smallest absolute Gasteiger partial charge is 0.212 e. The highest BCUT2D eigenvalue weighted by molar-refractivity contribution is 5.13. The summed E-state index contributed by atoms with van der Waals surface area (Å²) in [6, 6.07) is -14.6. The molecule has 0 aromatic rings. The van der Waals surface area contributed by atoms with Crippen molar-refractivity contribution >= 4 is 0 Å². The van der Waals surface area contributed by atoms with Crippen molar-refractivity contribution in [2.75, 3.05) is 0 Å². The Morgan fingerprint density at radius 1 is 0.556 bits per heavy atom. The Hall–Kier alpha value is -1.27. The molecule has 0 spiro atoms. The fourth-order valence-corrected chi connectivity index (χ4v) is 1.91. The summed E-state index contributed by atoms with van der Waals surface area (Å²) in [5.74, 6) is -8.56. The second kappa shape index (κ2) is 5.41. The maximum absolute atomic E-state index is 13.5. The predicted octanol–water partition coefficient (Wildman–Crippen LogP) is 5.32. The number of alkyl halides is 17. The molecular formula is C8F17NO.